The molecule has 2 N–H and O–H groups in total. The number of ether oxygens (including phenoxy) is 1. The van der Waals surface area contributed by atoms with E-state index in [0.29, 0.717) is 19.1 Å². The number of hydrogen-bond donors (Lipinski definition) is 2. The fourth-order valence-electron chi connectivity index (χ4n) is 4.69. The highest BCUT2D eigenvalue weighted by Crippen LogP contribution is 2.20. The minimum atomic E-state index is -0.258. The number of nitrogens with one attached hydrogen (secondary N) is 2. The topological polar surface area (TPSA) is 50.4 Å². The molecule has 4 nitrogen and oxygen atoms in total. The first-order chi connectivity index (χ1) is 16.7. The van der Waals surface area contributed by atoms with Gasteiger partial charge in [-0.3, -0.25) is 0 Å². The van der Waals surface area contributed by atoms with E-state index < -0.39 is 0 Å². The summed E-state index contributed by atoms with van der Waals surface area (Å²) in [6.45, 7) is 6.54. The molecule has 0 aromatic carbocycles. The van der Waals surface area contributed by atoms with Crippen molar-refractivity contribution in [3.05, 3.63) is 0 Å². The van der Waals surface area contributed by atoms with Crippen LogP contribution in [0, 0.1) is 5.92 Å². The Balaban J connectivity index is 3.94. The number of hydrogen-bond acceptors (Lipinski definition) is 3. The normalized spacial score (nSPS) is 11.3. The quantitative estimate of drug-likeness (QED) is 0.115. The zero-order valence-electron chi connectivity index (χ0n) is 23.6. The number of carbonyl (C=O) groups is 1. The summed E-state index contributed by atoms with van der Waals surface area (Å²) in [4.78, 5) is 11.9. The molecule has 0 spiro atoms. The van der Waals surface area contributed by atoms with Crippen molar-refractivity contribution in [2.75, 3.05) is 26.7 Å². The molecule has 0 bridgehead atoms. The summed E-state index contributed by atoms with van der Waals surface area (Å²) in [6.07, 6.45) is 29.7. The van der Waals surface area contributed by atoms with Gasteiger partial charge in [-0.25, -0.2) is 4.79 Å². The summed E-state index contributed by atoms with van der Waals surface area (Å²) in [6, 6.07) is 0. The van der Waals surface area contributed by atoms with E-state index in [1.54, 1.807) is 0 Å². The second kappa shape index (κ2) is 28.5. The van der Waals surface area contributed by atoms with Gasteiger partial charge in [0.2, 0.25) is 0 Å². The maximum atomic E-state index is 11.9. The van der Waals surface area contributed by atoms with Crippen molar-refractivity contribution in [3.63, 3.8) is 0 Å². The van der Waals surface area contributed by atoms with Crippen LogP contribution in [0.1, 0.15) is 155 Å². The summed E-state index contributed by atoms with van der Waals surface area (Å²) in [5.74, 6) is 0.526. The molecule has 0 aromatic heterocycles. The van der Waals surface area contributed by atoms with Gasteiger partial charge in [-0.15, -0.1) is 0 Å². The van der Waals surface area contributed by atoms with Crippen molar-refractivity contribution in [3.8, 4) is 0 Å². The summed E-state index contributed by atoms with van der Waals surface area (Å²) < 4.78 is 5.56. The maximum Gasteiger partial charge on any atom is 0.407 e. The highest BCUT2D eigenvalue weighted by atomic mass is 16.5. The molecule has 0 aromatic rings. The molecule has 204 valence electrons. The second-order valence-corrected chi connectivity index (χ2v) is 10.4. The summed E-state index contributed by atoms with van der Waals surface area (Å²) in [5.41, 5.74) is 0. The number of amides is 1. The van der Waals surface area contributed by atoms with Crippen LogP contribution in [-0.2, 0) is 4.74 Å². The van der Waals surface area contributed by atoms with Crippen LogP contribution in [0.25, 0.3) is 0 Å². The van der Waals surface area contributed by atoms with E-state index in [0.717, 1.165) is 6.54 Å². The Bertz CT molecular complexity index is 379. The minimum Gasteiger partial charge on any atom is -0.449 e. The molecule has 4 heteroatoms. The lowest BCUT2D eigenvalue weighted by molar-refractivity contribution is 0.120. The number of rotatable bonds is 27. The molecule has 0 fully saturated rings. The van der Waals surface area contributed by atoms with Gasteiger partial charge in [-0.2, -0.15) is 0 Å². The van der Waals surface area contributed by atoms with Gasteiger partial charge in [0.05, 0.1) is 6.61 Å². The molecule has 0 saturated heterocycles. The first-order valence-electron chi connectivity index (χ1n) is 15.3. The van der Waals surface area contributed by atoms with Gasteiger partial charge in [0, 0.05) is 13.1 Å². The largest absolute Gasteiger partial charge is 0.449 e. The Hall–Kier alpha value is -0.770. The predicted octanol–water partition coefficient (Wildman–Crippen LogP) is 9.17. The molecule has 0 aliphatic rings. The fraction of sp³-hybridized carbons (Fsp3) is 0.967. The van der Waals surface area contributed by atoms with Crippen LogP contribution in [0.3, 0.4) is 0 Å². The van der Waals surface area contributed by atoms with Crippen molar-refractivity contribution >= 4 is 6.09 Å². The maximum absolute atomic E-state index is 11.9. The smallest absolute Gasteiger partial charge is 0.407 e. The number of alkyl carbamates (subject to hydrolysis) is 1. The monoisotopic (exact) mass is 482 g/mol. The van der Waals surface area contributed by atoms with Crippen LogP contribution in [0.4, 0.5) is 4.79 Å². The summed E-state index contributed by atoms with van der Waals surface area (Å²) >= 11 is 0. The van der Waals surface area contributed by atoms with Crippen molar-refractivity contribution in [2.24, 2.45) is 5.92 Å². The van der Waals surface area contributed by atoms with Crippen LogP contribution >= 0.6 is 0 Å². The molecule has 0 aliphatic heterocycles. The lowest BCUT2D eigenvalue weighted by atomic mass is 9.94. The van der Waals surface area contributed by atoms with E-state index in [4.69, 9.17) is 4.74 Å². The SMILES string of the molecule is CCCCCCCCCCCCC(CCCCCCCCCCCC)COC(=O)NCCNC. The Labute approximate surface area is 214 Å². The van der Waals surface area contributed by atoms with Crippen LogP contribution in [-0.4, -0.2) is 32.8 Å². The van der Waals surface area contributed by atoms with Gasteiger partial charge >= 0.3 is 6.09 Å². The van der Waals surface area contributed by atoms with E-state index >= 15 is 0 Å². The number of unbranched alkanes of at least 4 members (excludes halogenated alkanes) is 18. The highest BCUT2D eigenvalue weighted by molar-refractivity contribution is 5.67. The van der Waals surface area contributed by atoms with E-state index in [1.165, 1.54) is 141 Å². The molecule has 0 atom stereocenters. The van der Waals surface area contributed by atoms with Crippen LogP contribution in [0.2, 0.25) is 0 Å². The lowest BCUT2D eigenvalue weighted by Crippen LogP contribution is -2.32. The molecule has 0 rings (SSSR count). The minimum absolute atomic E-state index is 0.258. The lowest BCUT2D eigenvalue weighted by Gasteiger charge is -2.17. The van der Waals surface area contributed by atoms with Gasteiger partial charge in [-0.1, -0.05) is 142 Å². The molecule has 0 saturated carbocycles. The molecular formula is C30H62N2O2. The Kier molecular flexibility index (Phi) is 27.8. The van der Waals surface area contributed by atoms with Crippen LogP contribution in [0.15, 0.2) is 0 Å². The van der Waals surface area contributed by atoms with Gasteiger partial charge in [-0.05, 0) is 25.8 Å². The number of likely N-dealkylation sites (N-methyl/N-ethyl adjacent to an activating group) is 1. The van der Waals surface area contributed by atoms with E-state index in [9.17, 15) is 4.79 Å². The van der Waals surface area contributed by atoms with Crippen molar-refractivity contribution in [1.82, 2.24) is 10.6 Å². The van der Waals surface area contributed by atoms with Crippen LogP contribution in [0.5, 0.6) is 0 Å². The third-order valence-electron chi connectivity index (χ3n) is 7.03. The molecule has 34 heavy (non-hydrogen) atoms. The Morgan fingerprint density at radius 2 is 0.971 bits per heavy atom. The molecule has 0 unspecified atom stereocenters. The second-order valence-electron chi connectivity index (χ2n) is 10.4. The zero-order valence-corrected chi connectivity index (χ0v) is 23.6. The van der Waals surface area contributed by atoms with Gasteiger partial charge in [0.25, 0.3) is 0 Å². The van der Waals surface area contributed by atoms with Crippen molar-refractivity contribution in [2.45, 2.75) is 155 Å². The van der Waals surface area contributed by atoms with E-state index in [2.05, 4.69) is 24.5 Å². The summed E-state index contributed by atoms with van der Waals surface area (Å²) in [7, 11) is 1.89. The Morgan fingerprint density at radius 1 is 0.588 bits per heavy atom. The first kappa shape index (κ1) is 33.2. The Morgan fingerprint density at radius 3 is 1.35 bits per heavy atom. The average Bonchev–Trinajstić information content (AvgIpc) is 2.84. The fourth-order valence-corrected chi connectivity index (χ4v) is 4.69. The van der Waals surface area contributed by atoms with Crippen LogP contribution < -0.4 is 10.6 Å². The third kappa shape index (κ3) is 25.8. The van der Waals surface area contributed by atoms with Gasteiger partial charge in [0.15, 0.2) is 0 Å². The van der Waals surface area contributed by atoms with Gasteiger partial charge < -0.3 is 15.4 Å². The highest BCUT2D eigenvalue weighted by Gasteiger charge is 2.12. The van der Waals surface area contributed by atoms with Gasteiger partial charge in [0.1, 0.15) is 0 Å². The molecule has 0 aliphatic carbocycles. The van der Waals surface area contributed by atoms with Crippen molar-refractivity contribution in [1.29, 1.82) is 0 Å². The van der Waals surface area contributed by atoms with Crippen molar-refractivity contribution < 1.29 is 9.53 Å². The summed E-state index contributed by atoms with van der Waals surface area (Å²) in [5, 5.41) is 5.87. The zero-order chi connectivity index (χ0) is 25.0. The first-order valence-corrected chi connectivity index (χ1v) is 15.3. The van der Waals surface area contributed by atoms with E-state index in [1.807, 2.05) is 7.05 Å². The molecular weight excluding hydrogens is 420 g/mol. The predicted molar refractivity (Wildman–Crippen MR) is 150 cm³/mol. The standard InChI is InChI=1S/C30H62N2O2/c1-4-6-8-10-12-14-16-18-20-22-24-29(28-34-30(33)32-27-26-31-3)25-23-21-19-17-15-13-11-9-7-5-2/h29,31H,4-28H2,1-3H3,(H,32,33). The number of carbonyl (C=O) groups excluding carboxylic acids is 1. The third-order valence-corrected chi connectivity index (χ3v) is 7.03. The molecule has 1 amide bonds. The molecule has 0 heterocycles. The molecule has 0 radical (unpaired) electrons. The van der Waals surface area contributed by atoms with E-state index in [-0.39, 0.29) is 6.09 Å². The average molecular weight is 483 g/mol.